The summed E-state index contributed by atoms with van der Waals surface area (Å²) >= 11 is 0. The first-order chi connectivity index (χ1) is 18.9. The topological polar surface area (TPSA) is 88.2 Å². The number of alkyl halides is 2. The summed E-state index contributed by atoms with van der Waals surface area (Å²) in [5, 5.41) is 2.34. The number of hydrogen-bond donors (Lipinski definition) is 1. The highest BCUT2D eigenvalue weighted by Gasteiger charge is 2.43. The molecular formula is C29H37F2N3O5. The Morgan fingerprint density at radius 3 is 2.44 bits per heavy atom. The van der Waals surface area contributed by atoms with E-state index in [4.69, 9.17) is 9.47 Å². The van der Waals surface area contributed by atoms with E-state index in [2.05, 4.69) is 10.2 Å². The van der Waals surface area contributed by atoms with Crippen LogP contribution in [0.1, 0.15) is 80.1 Å². The van der Waals surface area contributed by atoms with E-state index in [1.807, 2.05) is 12.1 Å². The molecule has 3 atom stereocenters. The molecule has 3 aliphatic heterocycles. The molecular weight excluding hydrogens is 508 g/mol. The van der Waals surface area contributed by atoms with E-state index in [-0.39, 0.29) is 30.4 Å². The number of nitrogens with one attached hydrogen (secondary N) is 1. The van der Waals surface area contributed by atoms with Crippen molar-refractivity contribution in [2.24, 2.45) is 11.8 Å². The summed E-state index contributed by atoms with van der Waals surface area (Å²) in [6.07, 6.45) is 8.13. The highest BCUT2D eigenvalue weighted by molar-refractivity contribution is 6.05. The van der Waals surface area contributed by atoms with Crippen molar-refractivity contribution in [3.05, 3.63) is 29.3 Å². The van der Waals surface area contributed by atoms with Crippen LogP contribution < -0.4 is 10.1 Å². The summed E-state index contributed by atoms with van der Waals surface area (Å²) in [5.74, 6) is 1.07. The van der Waals surface area contributed by atoms with E-state index in [1.165, 1.54) is 6.42 Å². The molecule has 0 radical (unpaired) electrons. The van der Waals surface area contributed by atoms with Crippen molar-refractivity contribution in [2.45, 2.75) is 102 Å². The molecule has 0 spiro atoms. The third kappa shape index (κ3) is 5.55. The van der Waals surface area contributed by atoms with Crippen molar-refractivity contribution in [3.63, 3.8) is 0 Å². The predicted molar refractivity (Wildman–Crippen MR) is 137 cm³/mol. The van der Waals surface area contributed by atoms with Crippen LogP contribution in [0.3, 0.4) is 0 Å². The van der Waals surface area contributed by atoms with Gasteiger partial charge < -0.3 is 14.4 Å². The zero-order chi connectivity index (χ0) is 27.1. The number of benzene rings is 1. The predicted octanol–water partition coefficient (Wildman–Crippen LogP) is 3.87. The molecule has 212 valence electrons. The molecule has 5 aliphatic rings. The highest BCUT2D eigenvalue weighted by atomic mass is 19.3. The average Bonchev–Trinajstić information content (AvgIpc) is 3.20. The number of carbonyl (C=O) groups excluding carboxylic acids is 3. The summed E-state index contributed by atoms with van der Waals surface area (Å²) in [6, 6.07) is 5.31. The molecule has 1 aromatic carbocycles. The third-order valence-corrected chi connectivity index (χ3v) is 9.54. The fraction of sp³-hybridized carbons (Fsp3) is 0.690. The number of nitrogens with zero attached hydrogens (tertiary/aromatic N) is 2. The molecule has 6 rings (SSSR count). The monoisotopic (exact) mass is 545 g/mol. The lowest BCUT2D eigenvalue weighted by Gasteiger charge is -2.51. The van der Waals surface area contributed by atoms with Gasteiger partial charge in [-0.2, -0.15) is 8.78 Å². The standard InChI is InChI=1S/C29H37F2N3O5/c30-29(31)39-20-7-5-17(6-8-20)19-14-33(15-19)23-3-1-2-4-25(23)38-21-9-10-22-18(13-21)16-34(28(22)37)24-11-12-26(35)32-27(24)36/h9-10,13,17,19-20,23-25,29H,1-8,11-12,14-16H2,(H,32,35,36)/t17?,20?,23-,24?,25-/m0/s1. The van der Waals surface area contributed by atoms with Crippen LogP contribution in [0.25, 0.3) is 0 Å². The van der Waals surface area contributed by atoms with Gasteiger partial charge in [-0.15, -0.1) is 0 Å². The lowest BCUT2D eigenvalue weighted by molar-refractivity contribution is -0.174. The van der Waals surface area contributed by atoms with E-state index in [0.717, 1.165) is 69.3 Å². The fourth-order valence-corrected chi connectivity index (χ4v) is 7.39. The van der Waals surface area contributed by atoms with Gasteiger partial charge in [0, 0.05) is 37.7 Å². The van der Waals surface area contributed by atoms with Crippen LogP contribution >= 0.6 is 0 Å². The van der Waals surface area contributed by atoms with Crippen LogP contribution in [-0.4, -0.2) is 71.5 Å². The Balaban J connectivity index is 1.04. The minimum atomic E-state index is -2.68. The number of carbonyl (C=O) groups is 3. The fourth-order valence-electron chi connectivity index (χ4n) is 7.39. The van der Waals surface area contributed by atoms with Crippen LogP contribution in [0.5, 0.6) is 5.75 Å². The summed E-state index contributed by atoms with van der Waals surface area (Å²) in [5.41, 5.74) is 1.44. The van der Waals surface area contributed by atoms with Gasteiger partial charge in [0.15, 0.2) is 0 Å². The van der Waals surface area contributed by atoms with Crippen molar-refractivity contribution >= 4 is 17.7 Å². The van der Waals surface area contributed by atoms with E-state index < -0.39 is 18.6 Å². The van der Waals surface area contributed by atoms with Gasteiger partial charge in [0.25, 0.3) is 5.91 Å². The van der Waals surface area contributed by atoms with Gasteiger partial charge in [0.05, 0.1) is 6.10 Å². The molecule has 1 N–H and O–H groups in total. The quantitative estimate of drug-likeness (QED) is 0.524. The molecule has 4 fully saturated rings. The van der Waals surface area contributed by atoms with Crippen LogP contribution in [0.2, 0.25) is 0 Å². The van der Waals surface area contributed by atoms with Gasteiger partial charge >= 0.3 is 6.61 Å². The van der Waals surface area contributed by atoms with E-state index in [9.17, 15) is 23.2 Å². The average molecular weight is 546 g/mol. The molecule has 39 heavy (non-hydrogen) atoms. The Morgan fingerprint density at radius 2 is 1.69 bits per heavy atom. The maximum atomic E-state index is 13.0. The van der Waals surface area contributed by atoms with E-state index >= 15 is 0 Å². The molecule has 2 aliphatic carbocycles. The SMILES string of the molecule is O=C1CCC(N2Cc3cc(O[C@H]4CCCC[C@@H]4N4CC(C5CCC(OC(F)F)CC5)C4)ccc3C2=O)C(=O)N1. The number of piperidine rings is 1. The van der Waals surface area contributed by atoms with Crippen molar-refractivity contribution in [3.8, 4) is 5.75 Å². The second kappa shape index (κ2) is 11.1. The molecule has 3 amide bonds. The van der Waals surface area contributed by atoms with Crippen molar-refractivity contribution < 1.29 is 32.6 Å². The maximum absolute atomic E-state index is 13.0. The molecule has 2 saturated heterocycles. The normalized spacial score (nSPS) is 32.2. The Hall–Kier alpha value is -2.59. The van der Waals surface area contributed by atoms with E-state index in [1.54, 1.807) is 11.0 Å². The summed E-state index contributed by atoms with van der Waals surface area (Å²) < 4.78 is 36.3. The summed E-state index contributed by atoms with van der Waals surface area (Å²) in [7, 11) is 0. The third-order valence-electron chi connectivity index (χ3n) is 9.54. The largest absolute Gasteiger partial charge is 0.489 e. The van der Waals surface area contributed by atoms with Crippen molar-refractivity contribution in [1.82, 2.24) is 15.1 Å². The van der Waals surface area contributed by atoms with Gasteiger partial charge in [-0.1, -0.05) is 6.42 Å². The number of likely N-dealkylation sites (tertiary alicyclic amines) is 1. The Kier molecular flexibility index (Phi) is 7.59. The maximum Gasteiger partial charge on any atom is 0.345 e. The zero-order valence-electron chi connectivity index (χ0n) is 22.2. The Labute approximate surface area is 227 Å². The number of hydrogen-bond acceptors (Lipinski definition) is 6. The second-order valence-electron chi connectivity index (χ2n) is 11.9. The number of halogens is 2. The summed E-state index contributed by atoms with van der Waals surface area (Å²) in [6.45, 7) is -0.265. The molecule has 0 bridgehead atoms. The number of imide groups is 1. The van der Waals surface area contributed by atoms with Crippen molar-refractivity contribution in [1.29, 1.82) is 0 Å². The molecule has 10 heteroatoms. The van der Waals surface area contributed by atoms with Crippen LogP contribution in [0.15, 0.2) is 18.2 Å². The first kappa shape index (κ1) is 26.6. The molecule has 1 unspecified atom stereocenters. The zero-order valence-corrected chi connectivity index (χ0v) is 22.2. The van der Waals surface area contributed by atoms with Crippen LogP contribution in [-0.2, 0) is 20.9 Å². The van der Waals surface area contributed by atoms with Gasteiger partial charge in [-0.05, 0) is 87.0 Å². The number of rotatable bonds is 7. The van der Waals surface area contributed by atoms with Crippen LogP contribution in [0, 0.1) is 11.8 Å². The smallest absolute Gasteiger partial charge is 0.345 e. The first-order valence-corrected chi connectivity index (χ1v) is 14.5. The highest BCUT2D eigenvalue weighted by Crippen LogP contribution is 2.40. The number of ether oxygens (including phenoxy) is 2. The Bertz CT molecular complexity index is 1100. The molecule has 8 nitrogen and oxygen atoms in total. The lowest BCUT2D eigenvalue weighted by Crippen LogP contribution is -2.59. The summed E-state index contributed by atoms with van der Waals surface area (Å²) in [4.78, 5) is 41.0. The van der Waals surface area contributed by atoms with Crippen LogP contribution in [0.4, 0.5) is 8.78 Å². The minimum Gasteiger partial charge on any atom is -0.489 e. The van der Waals surface area contributed by atoms with Gasteiger partial charge in [-0.3, -0.25) is 24.6 Å². The van der Waals surface area contributed by atoms with Gasteiger partial charge in [0.2, 0.25) is 11.8 Å². The molecule has 1 aromatic rings. The number of amides is 3. The number of fused-ring (bicyclic) bond motifs is 1. The minimum absolute atomic E-state index is 0.0799. The molecule has 0 aromatic heterocycles. The van der Waals surface area contributed by atoms with Crippen molar-refractivity contribution in [2.75, 3.05) is 13.1 Å². The van der Waals surface area contributed by atoms with Gasteiger partial charge in [0.1, 0.15) is 17.9 Å². The second-order valence-corrected chi connectivity index (χ2v) is 11.9. The molecule has 2 saturated carbocycles. The first-order valence-electron chi connectivity index (χ1n) is 14.5. The Morgan fingerprint density at radius 1 is 0.923 bits per heavy atom. The molecule has 3 heterocycles. The lowest BCUT2D eigenvalue weighted by atomic mass is 9.74. The van der Waals surface area contributed by atoms with Gasteiger partial charge in [-0.25, -0.2) is 0 Å². The van der Waals surface area contributed by atoms with E-state index in [0.29, 0.717) is 36.4 Å².